The van der Waals surface area contributed by atoms with E-state index in [0.717, 1.165) is 25.7 Å². The first-order valence-electron chi connectivity index (χ1n) is 6.65. The van der Waals surface area contributed by atoms with Crippen LogP contribution in [0.5, 0.6) is 0 Å². The molecule has 1 unspecified atom stereocenters. The fourth-order valence-electron chi connectivity index (χ4n) is 2.90. The van der Waals surface area contributed by atoms with Crippen LogP contribution in [0.3, 0.4) is 0 Å². The molecule has 1 N–H and O–H groups in total. The molecule has 0 bridgehead atoms. The molecule has 0 heterocycles. The van der Waals surface area contributed by atoms with Gasteiger partial charge >= 0.3 is 11.9 Å². The molecular formula is C14H24O4. The van der Waals surface area contributed by atoms with Crippen molar-refractivity contribution < 1.29 is 19.4 Å². The molecule has 0 amide bonds. The fraction of sp³-hybridized carbons (Fsp3) is 0.857. The van der Waals surface area contributed by atoms with Gasteiger partial charge in [0.15, 0.2) is 0 Å². The lowest BCUT2D eigenvalue weighted by Gasteiger charge is -2.41. The number of ether oxygens (including phenoxy) is 1. The molecule has 0 aliphatic heterocycles. The van der Waals surface area contributed by atoms with Gasteiger partial charge in [-0.15, -0.1) is 0 Å². The number of aliphatic carboxylic acids is 1. The zero-order chi connectivity index (χ0) is 13.9. The normalized spacial score (nSPS) is 26.4. The third kappa shape index (κ3) is 3.47. The van der Waals surface area contributed by atoms with Crippen LogP contribution >= 0.6 is 0 Å². The maximum atomic E-state index is 11.3. The molecule has 1 saturated carbocycles. The minimum Gasteiger partial charge on any atom is -0.478 e. The Morgan fingerprint density at radius 3 is 2.11 bits per heavy atom. The summed E-state index contributed by atoms with van der Waals surface area (Å²) in [6.07, 6.45) is 3.23. The summed E-state index contributed by atoms with van der Waals surface area (Å²) in [6, 6.07) is 0. The zero-order valence-corrected chi connectivity index (χ0v) is 11.7. The van der Waals surface area contributed by atoms with E-state index in [4.69, 9.17) is 4.74 Å². The van der Waals surface area contributed by atoms with Crippen molar-refractivity contribution in [3.63, 3.8) is 0 Å². The van der Waals surface area contributed by atoms with Crippen molar-refractivity contribution >= 4 is 11.9 Å². The molecule has 1 aliphatic rings. The predicted molar refractivity (Wildman–Crippen MR) is 68.1 cm³/mol. The van der Waals surface area contributed by atoms with E-state index < -0.39 is 23.5 Å². The second-order valence-electron chi connectivity index (χ2n) is 6.11. The van der Waals surface area contributed by atoms with Crippen LogP contribution in [0.2, 0.25) is 0 Å². The molecule has 4 nitrogen and oxygen atoms in total. The summed E-state index contributed by atoms with van der Waals surface area (Å²) < 4.78 is 5.02. The van der Waals surface area contributed by atoms with Crippen LogP contribution in [0.1, 0.15) is 53.4 Å². The van der Waals surface area contributed by atoms with E-state index in [1.54, 1.807) is 0 Å². The van der Waals surface area contributed by atoms with Gasteiger partial charge in [0.25, 0.3) is 0 Å². The number of carboxylic acids is 1. The molecule has 1 aliphatic carbocycles. The van der Waals surface area contributed by atoms with Crippen LogP contribution in [-0.2, 0) is 14.3 Å². The van der Waals surface area contributed by atoms with E-state index in [1.165, 1.54) is 6.92 Å². The van der Waals surface area contributed by atoms with Gasteiger partial charge in [0.05, 0.1) is 0 Å². The Morgan fingerprint density at radius 1 is 1.22 bits per heavy atom. The fourth-order valence-corrected chi connectivity index (χ4v) is 2.90. The predicted octanol–water partition coefficient (Wildman–Crippen LogP) is 2.86. The van der Waals surface area contributed by atoms with Crippen LogP contribution < -0.4 is 0 Å². The zero-order valence-electron chi connectivity index (χ0n) is 11.7. The lowest BCUT2D eigenvalue weighted by Crippen LogP contribution is -2.45. The Balaban J connectivity index is 2.80. The summed E-state index contributed by atoms with van der Waals surface area (Å²) in [5.41, 5.74) is -0.516. The van der Waals surface area contributed by atoms with E-state index in [1.807, 2.05) is 13.8 Å². The second-order valence-corrected chi connectivity index (χ2v) is 6.11. The molecule has 104 valence electrons. The van der Waals surface area contributed by atoms with Gasteiger partial charge in [-0.25, -0.2) is 4.79 Å². The highest BCUT2D eigenvalue weighted by atomic mass is 16.6. The Hall–Kier alpha value is -1.06. The third-order valence-corrected chi connectivity index (χ3v) is 4.25. The molecule has 0 aromatic rings. The van der Waals surface area contributed by atoms with Crippen molar-refractivity contribution in [2.45, 2.75) is 59.5 Å². The van der Waals surface area contributed by atoms with E-state index >= 15 is 0 Å². The molecular weight excluding hydrogens is 232 g/mol. The first-order chi connectivity index (χ1) is 8.25. The molecule has 1 fully saturated rings. The van der Waals surface area contributed by atoms with Gasteiger partial charge in [-0.1, -0.05) is 33.6 Å². The summed E-state index contributed by atoms with van der Waals surface area (Å²) >= 11 is 0. The first kappa shape index (κ1) is 15.0. The lowest BCUT2D eigenvalue weighted by atomic mass is 9.66. The smallest absolute Gasteiger partial charge is 0.345 e. The molecule has 1 rings (SSSR count). The quantitative estimate of drug-likeness (QED) is 0.785. The van der Waals surface area contributed by atoms with Crippen molar-refractivity contribution in [3.8, 4) is 0 Å². The molecule has 0 saturated heterocycles. The van der Waals surface area contributed by atoms with E-state index in [0.29, 0.717) is 11.8 Å². The third-order valence-electron chi connectivity index (χ3n) is 4.25. The van der Waals surface area contributed by atoms with Gasteiger partial charge < -0.3 is 9.84 Å². The number of carbonyl (C=O) groups is 2. The summed E-state index contributed by atoms with van der Waals surface area (Å²) in [5, 5.41) is 9.26. The van der Waals surface area contributed by atoms with E-state index in [2.05, 4.69) is 6.92 Å². The van der Waals surface area contributed by atoms with Crippen LogP contribution in [0.4, 0.5) is 0 Å². The van der Waals surface area contributed by atoms with Crippen LogP contribution in [0, 0.1) is 17.3 Å². The molecule has 4 heteroatoms. The highest BCUT2D eigenvalue weighted by molar-refractivity contribution is 5.77. The van der Waals surface area contributed by atoms with Crippen LogP contribution in [0.15, 0.2) is 0 Å². The molecule has 0 aromatic heterocycles. The van der Waals surface area contributed by atoms with Crippen molar-refractivity contribution in [1.82, 2.24) is 0 Å². The maximum absolute atomic E-state index is 11.3. The first-order valence-corrected chi connectivity index (χ1v) is 6.65. The Morgan fingerprint density at radius 2 is 1.72 bits per heavy atom. The average Bonchev–Trinajstić information content (AvgIpc) is 2.25. The monoisotopic (exact) mass is 256 g/mol. The maximum Gasteiger partial charge on any atom is 0.345 e. The van der Waals surface area contributed by atoms with Gasteiger partial charge in [0.1, 0.15) is 0 Å². The SMILES string of the molecule is CC(=O)OC(C(=O)O)C(C)(C)C1CCC(C)CC1. The molecule has 0 aromatic carbocycles. The molecule has 18 heavy (non-hydrogen) atoms. The van der Waals surface area contributed by atoms with Gasteiger partial charge in [-0.3, -0.25) is 4.79 Å². The van der Waals surface area contributed by atoms with Crippen molar-refractivity contribution in [2.24, 2.45) is 17.3 Å². The van der Waals surface area contributed by atoms with Gasteiger partial charge in [0, 0.05) is 12.3 Å². The number of rotatable bonds is 4. The largest absolute Gasteiger partial charge is 0.478 e. The number of hydrogen-bond donors (Lipinski definition) is 1. The van der Waals surface area contributed by atoms with Gasteiger partial charge in [-0.2, -0.15) is 0 Å². The number of carboxylic acid groups (broad SMARTS) is 1. The van der Waals surface area contributed by atoms with Crippen molar-refractivity contribution in [2.75, 3.05) is 0 Å². The molecule has 0 spiro atoms. The van der Waals surface area contributed by atoms with Crippen molar-refractivity contribution in [1.29, 1.82) is 0 Å². The standard InChI is InChI=1S/C14H24O4/c1-9-5-7-11(8-6-9)14(3,4)12(13(16)17)18-10(2)15/h9,11-12H,5-8H2,1-4H3,(H,16,17). The van der Waals surface area contributed by atoms with Crippen LogP contribution in [0.25, 0.3) is 0 Å². The van der Waals surface area contributed by atoms with Crippen LogP contribution in [-0.4, -0.2) is 23.1 Å². The van der Waals surface area contributed by atoms with Crippen molar-refractivity contribution in [3.05, 3.63) is 0 Å². The highest BCUT2D eigenvalue weighted by Crippen LogP contribution is 2.43. The molecule has 0 radical (unpaired) electrons. The Kier molecular flexibility index (Phi) is 4.77. The summed E-state index contributed by atoms with van der Waals surface area (Å²) in [6.45, 7) is 7.28. The number of carbonyl (C=O) groups excluding carboxylic acids is 1. The van der Waals surface area contributed by atoms with Gasteiger partial charge in [-0.05, 0) is 24.7 Å². The van der Waals surface area contributed by atoms with E-state index in [-0.39, 0.29) is 0 Å². The van der Waals surface area contributed by atoms with Gasteiger partial charge in [0.2, 0.25) is 6.10 Å². The summed E-state index contributed by atoms with van der Waals surface area (Å²) in [7, 11) is 0. The second kappa shape index (κ2) is 5.72. The van der Waals surface area contributed by atoms with E-state index in [9.17, 15) is 14.7 Å². The topological polar surface area (TPSA) is 63.6 Å². The number of hydrogen-bond acceptors (Lipinski definition) is 3. The Labute approximate surface area is 109 Å². The minimum absolute atomic E-state index is 0.300. The summed E-state index contributed by atoms with van der Waals surface area (Å²) in [4.78, 5) is 22.4. The summed E-state index contributed by atoms with van der Waals surface area (Å²) in [5.74, 6) is -0.559. The Bertz CT molecular complexity index is 314. The highest BCUT2D eigenvalue weighted by Gasteiger charge is 2.44. The lowest BCUT2D eigenvalue weighted by molar-refractivity contribution is -0.174. The molecule has 1 atom stereocenters. The average molecular weight is 256 g/mol. The minimum atomic E-state index is -1.05. The number of esters is 1.